The fourth-order valence-electron chi connectivity index (χ4n) is 2.51. The Morgan fingerprint density at radius 1 is 1.26 bits per heavy atom. The van der Waals surface area contributed by atoms with Crippen LogP contribution in [0.1, 0.15) is 16.1 Å². The highest BCUT2D eigenvalue weighted by atomic mass is 79.9. The lowest BCUT2D eigenvalue weighted by Gasteiger charge is -2.02. The highest BCUT2D eigenvalue weighted by molar-refractivity contribution is 9.10. The van der Waals surface area contributed by atoms with Crippen LogP contribution in [0, 0.1) is 5.82 Å². The molecule has 0 radical (unpaired) electrons. The second-order valence-electron chi connectivity index (χ2n) is 5.65. The van der Waals surface area contributed by atoms with Crippen molar-refractivity contribution < 1.29 is 9.18 Å². The zero-order valence-electron chi connectivity index (χ0n) is 13.6. The molecular weight excluding hydrogens is 439 g/mol. The summed E-state index contributed by atoms with van der Waals surface area (Å²) < 4.78 is 16.5. The molecule has 0 fully saturated rings. The highest BCUT2D eigenvalue weighted by Crippen LogP contribution is 2.24. The van der Waals surface area contributed by atoms with Crippen LogP contribution in [0.4, 0.5) is 10.2 Å². The van der Waals surface area contributed by atoms with E-state index in [4.69, 9.17) is 11.6 Å². The Morgan fingerprint density at radius 2 is 2.04 bits per heavy atom. The Hall–Kier alpha value is -2.78. The second-order valence-corrected chi connectivity index (χ2v) is 6.85. The Bertz CT molecular complexity index is 1140. The summed E-state index contributed by atoms with van der Waals surface area (Å²) in [5, 5.41) is 11.4. The van der Waals surface area contributed by atoms with E-state index in [1.54, 1.807) is 41.5 Å². The van der Waals surface area contributed by atoms with Crippen LogP contribution < -0.4 is 5.32 Å². The number of halogens is 3. The minimum atomic E-state index is -0.471. The molecule has 0 aliphatic carbocycles. The van der Waals surface area contributed by atoms with E-state index >= 15 is 0 Å². The Morgan fingerprint density at radius 3 is 2.78 bits per heavy atom. The van der Waals surface area contributed by atoms with Crippen molar-refractivity contribution in [3.05, 3.63) is 75.5 Å². The molecule has 4 rings (SSSR count). The van der Waals surface area contributed by atoms with Gasteiger partial charge in [-0.2, -0.15) is 10.2 Å². The first kappa shape index (κ1) is 17.6. The Balaban J connectivity index is 1.55. The topological polar surface area (TPSA) is 77.1 Å². The molecule has 0 saturated carbocycles. The smallest absolute Gasteiger partial charge is 0.278 e. The molecule has 27 heavy (non-hydrogen) atoms. The van der Waals surface area contributed by atoms with Crippen molar-refractivity contribution in [2.75, 3.05) is 5.32 Å². The number of amides is 1. The van der Waals surface area contributed by atoms with Gasteiger partial charge in [-0.1, -0.05) is 23.7 Å². The van der Waals surface area contributed by atoms with Crippen LogP contribution in [0.2, 0.25) is 5.02 Å². The summed E-state index contributed by atoms with van der Waals surface area (Å²) in [4.78, 5) is 16.7. The molecule has 7 nitrogen and oxygen atoms in total. The van der Waals surface area contributed by atoms with Crippen molar-refractivity contribution in [3.8, 4) is 0 Å². The van der Waals surface area contributed by atoms with E-state index in [1.807, 2.05) is 0 Å². The Labute approximate surface area is 165 Å². The van der Waals surface area contributed by atoms with Gasteiger partial charge >= 0.3 is 0 Å². The van der Waals surface area contributed by atoms with Crippen molar-refractivity contribution in [2.45, 2.75) is 6.54 Å². The van der Waals surface area contributed by atoms with Crippen molar-refractivity contribution >= 4 is 44.9 Å². The molecule has 0 unspecified atom stereocenters. The molecule has 0 atom stereocenters. The number of nitrogens with zero attached hydrogens (tertiary/aromatic N) is 5. The zero-order valence-corrected chi connectivity index (χ0v) is 15.9. The molecule has 0 aliphatic rings. The maximum atomic E-state index is 13.0. The van der Waals surface area contributed by atoms with E-state index in [2.05, 4.69) is 36.4 Å². The van der Waals surface area contributed by atoms with E-state index in [0.29, 0.717) is 16.7 Å². The van der Waals surface area contributed by atoms with E-state index in [9.17, 15) is 9.18 Å². The van der Waals surface area contributed by atoms with Gasteiger partial charge in [0.15, 0.2) is 17.2 Å². The van der Waals surface area contributed by atoms with Gasteiger partial charge in [-0.05, 0) is 39.7 Å². The molecular formula is C17H11BrClFN6O. The molecule has 1 aromatic carbocycles. The number of carbonyl (C=O) groups is 1. The van der Waals surface area contributed by atoms with E-state index in [1.165, 1.54) is 16.6 Å². The van der Waals surface area contributed by atoms with Crippen LogP contribution in [-0.2, 0) is 6.54 Å². The predicted octanol–water partition coefficient (Wildman–Crippen LogP) is 3.78. The summed E-state index contributed by atoms with van der Waals surface area (Å²) in [6.45, 7) is 0.387. The molecule has 1 amide bonds. The summed E-state index contributed by atoms with van der Waals surface area (Å²) >= 11 is 9.52. The SMILES string of the molecule is O=C(Nc1nn(Cc2ccc(F)cc2)cc1Cl)c1nn2cccnc2c1Br. The first-order valence-corrected chi connectivity index (χ1v) is 8.96. The molecule has 0 saturated heterocycles. The van der Waals surface area contributed by atoms with E-state index in [0.717, 1.165) is 5.56 Å². The monoisotopic (exact) mass is 448 g/mol. The third kappa shape index (κ3) is 3.56. The number of aromatic nitrogens is 5. The van der Waals surface area contributed by atoms with Crippen molar-refractivity contribution in [2.24, 2.45) is 0 Å². The third-order valence-corrected chi connectivity index (χ3v) is 4.77. The molecule has 10 heteroatoms. The number of nitrogens with one attached hydrogen (secondary N) is 1. The fourth-order valence-corrected chi connectivity index (χ4v) is 3.25. The number of carbonyl (C=O) groups excluding carboxylic acids is 1. The number of hydrogen-bond acceptors (Lipinski definition) is 4. The normalized spacial score (nSPS) is 11.1. The lowest BCUT2D eigenvalue weighted by molar-refractivity contribution is 0.102. The molecule has 4 aromatic rings. The summed E-state index contributed by atoms with van der Waals surface area (Å²) in [6.07, 6.45) is 4.88. The average molecular weight is 450 g/mol. The molecule has 3 aromatic heterocycles. The van der Waals surface area contributed by atoms with Crippen LogP contribution in [0.25, 0.3) is 5.65 Å². The molecule has 0 bridgehead atoms. The van der Waals surface area contributed by atoms with Gasteiger partial charge in [0.25, 0.3) is 5.91 Å². The highest BCUT2D eigenvalue weighted by Gasteiger charge is 2.20. The number of fused-ring (bicyclic) bond motifs is 1. The van der Waals surface area contributed by atoms with Gasteiger partial charge < -0.3 is 5.32 Å². The summed E-state index contributed by atoms with van der Waals surface area (Å²) in [7, 11) is 0. The van der Waals surface area contributed by atoms with Gasteiger partial charge in [0.1, 0.15) is 10.8 Å². The van der Waals surface area contributed by atoms with Crippen molar-refractivity contribution in [3.63, 3.8) is 0 Å². The van der Waals surface area contributed by atoms with Crippen LogP contribution in [-0.4, -0.2) is 30.3 Å². The van der Waals surface area contributed by atoms with E-state index < -0.39 is 5.91 Å². The quantitative estimate of drug-likeness (QED) is 0.514. The van der Waals surface area contributed by atoms with Gasteiger partial charge in [-0.25, -0.2) is 13.9 Å². The standard InChI is InChI=1S/C17H11BrClFN6O/c18-13-14(23-26-7-1-6-21-16(13)26)17(27)22-15-12(19)9-25(24-15)8-10-2-4-11(20)5-3-10/h1-7,9H,8H2,(H,22,24,27). The van der Waals surface area contributed by atoms with Crippen molar-refractivity contribution in [1.29, 1.82) is 0 Å². The van der Waals surface area contributed by atoms with E-state index in [-0.39, 0.29) is 22.4 Å². The number of benzene rings is 1. The van der Waals surface area contributed by atoms with Crippen LogP contribution >= 0.6 is 27.5 Å². The zero-order chi connectivity index (χ0) is 19.0. The minimum absolute atomic E-state index is 0.165. The largest absolute Gasteiger partial charge is 0.302 e. The Kier molecular flexibility index (Phi) is 4.63. The van der Waals surface area contributed by atoms with Gasteiger partial charge in [0.2, 0.25) is 0 Å². The lowest BCUT2D eigenvalue weighted by Crippen LogP contribution is -2.14. The number of rotatable bonds is 4. The van der Waals surface area contributed by atoms with Gasteiger partial charge in [0.05, 0.1) is 11.0 Å². The second kappa shape index (κ2) is 7.09. The predicted molar refractivity (Wildman–Crippen MR) is 101 cm³/mol. The number of hydrogen-bond donors (Lipinski definition) is 1. The maximum absolute atomic E-state index is 13.0. The third-order valence-electron chi connectivity index (χ3n) is 3.76. The number of anilines is 1. The molecule has 0 spiro atoms. The molecule has 136 valence electrons. The first-order chi connectivity index (χ1) is 13.0. The molecule has 1 N–H and O–H groups in total. The van der Waals surface area contributed by atoms with Gasteiger partial charge in [-0.3, -0.25) is 9.48 Å². The average Bonchev–Trinajstić information content (AvgIpc) is 3.17. The summed E-state index contributed by atoms with van der Waals surface area (Å²) in [5.74, 6) is -0.570. The molecule has 3 heterocycles. The van der Waals surface area contributed by atoms with Gasteiger partial charge in [-0.15, -0.1) is 0 Å². The summed E-state index contributed by atoms with van der Waals surface area (Å²) in [5.41, 5.74) is 1.54. The van der Waals surface area contributed by atoms with Crippen molar-refractivity contribution in [1.82, 2.24) is 24.4 Å². The van der Waals surface area contributed by atoms with Crippen LogP contribution in [0.3, 0.4) is 0 Å². The minimum Gasteiger partial charge on any atom is -0.302 e. The van der Waals surface area contributed by atoms with Crippen LogP contribution in [0.5, 0.6) is 0 Å². The summed E-state index contributed by atoms with van der Waals surface area (Å²) in [6, 6.07) is 7.77. The first-order valence-electron chi connectivity index (χ1n) is 7.79. The fraction of sp³-hybridized carbons (Fsp3) is 0.0588. The maximum Gasteiger partial charge on any atom is 0.278 e. The van der Waals surface area contributed by atoms with Gasteiger partial charge in [0, 0.05) is 18.6 Å². The molecule has 0 aliphatic heterocycles. The lowest BCUT2D eigenvalue weighted by atomic mass is 10.2. The van der Waals surface area contributed by atoms with Crippen LogP contribution in [0.15, 0.2) is 53.4 Å².